The minimum Gasteiger partial charge on any atom is -0.351 e. The number of carbonyl (C=O) groups excluding carboxylic acids is 1. The molecule has 0 fully saturated rings. The Morgan fingerprint density at radius 2 is 2.00 bits per heavy atom. The maximum absolute atomic E-state index is 13.5. The Kier molecular flexibility index (Phi) is 5.73. The number of nitrogens with zero attached hydrogens (tertiary/aromatic N) is 2. The maximum atomic E-state index is 13.5. The molecule has 1 aromatic carbocycles. The van der Waals surface area contributed by atoms with E-state index in [0.717, 1.165) is 35.0 Å². The van der Waals surface area contributed by atoms with Gasteiger partial charge >= 0.3 is 0 Å². The van der Waals surface area contributed by atoms with E-state index in [-0.39, 0.29) is 17.5 Å². The van der Waals surface area contributed by atoms with Crippen LogP contribution in [-0.4, -0.2) is 26.4 Å². The van der Waals surface area contributed by atoms with Crippen molar-refractivity contribution < 1.29 is 4.79 Å². The summed E-state index contributed by atoms with van der Waals surface area (Å²) in [5, 5.41) is 0.937. The van der Waals surface area contributed by atoms with Gasteiger partial charge in [0, 0.05) is 47.0 Å². The highest BCUT2D eigenvalue weighted by Gasteiger charge is 2.23. The van der Waals surface area contributed by atoms with Gasteiger partial charge < -0.3 is 14.5 Å². The van der Waals surface area contributed by atoms with Gasteiger partial charge in [-0.2, -0.15) is 0 Å². The second-order valence-corrected chi connectivity index (χ2v) is 7.73. The zero-order valence-corrected chi connectivity index (χ0v) is 17.4. The van der Waals surface area contributed by atoms with Gasteiger partial charge in [-0.05, 0) is 57.0 Å². The van der Waals surface area contributed by atoms with Crippen molar-refractivity contribution in [3.05, 3.63) is 69.3 Å². The Morgan fingerprint density at radius 3 is 2.68 bits per heavy atom. The summed E-state index contributed by atoms with van der Waals surface area (Å²) in [5.74, 6) is -0.0470. The lowest BCUT2D eigenvalue weighted by molar-refractivity contribution is 0.0691. The van der Waals surface area contributed by atoms with Crippen LogP contribution in [0.3, 0.4) is 0 Å². The summed E-state index contributed by atoms with van der Waals surface area (Å²) in [6.07, 6.45) is 3.74. The number of hydrogen-bond donors (Lipinski definition) is 1. The predicted molar refractivity (Wildman–Crippen MR) is 114 cm³/mol. The third-order valence-corrected chi connectivity index (χ3v) is 5.25. The number of hydrogen-bond acceptors (Lipinski definition) is 2. The Hall–Kier alpha value is -2.82. The Labute approximate surface area is 166 Å². The molecule has 2 heterocycles. The summed E-state index contributed by atoms with van der Waals surface area (Å²) in [5.41, 5.74) is 4.17. The number of amides is 1. The molecule has 3 aromatic rings. The van der Waals surface area contributed by atoms with E-state index < -0.39 is 0 Å². The van der Waals surface area contributed by atoms with Crippen molar-refractivity contribution in [1.82, 2.24) is 14.5 Å². The molecule has 1 N–H and O–H groups in total. The van der Waals surface area contributed by atoms with Crippen molar-refractivity contribution in [1.29, 1.82) is 0 Å². The van der Waals surface area contributed by atoms with Crippen LogP contribution in [0, 0.1) is 6.92 Å². The van der Waals surface area contributed by atoms with Crippen molar-refractivity contribution in [2.75, 3.05) is 0 Å². The fraction of sp³-hybridized carbons (Fsp3) is 0.391. The third-order valence-electron chi connectivity index (χ3n) is 5.25. The van der Waals surface area contributed by atoms with Crippen LogP contribution in [0.1, 0.15) is 54.4 Å². The summed E-state index contributed by atoms with van der Waals surface area (Å²) in [6, 6.07) is 9.77. The van der Waals surface area contributed by atoms with Gasteiger partial charge in [0.05, 0.1) is 6.54 Å². The maximum Gasteiger partial charge on any atom is 0.255 e. The van der Waals surface area contributed by atoms with Crippen LogP contribution < -0.4 is 5.56 Å². The van der Waals surface area contributed by atoms with Crippen LogP contribution >= 0.6 is 0 Å². The van der Waals surface area contributed by atoms with E-state index in [1.807, 2.05) is 68.9 Å². The van der Waals surface area contributed by atoms with Crippen LogP contribution in [0.25, 0.3) is 10.9 Å². The molecule has 28 heavy (non-hydrogen) atoms. The van der Waals surface area contributed by atoms with Crippen LogP contribution in [0.4, 0.5) is 0 Å². The smallest absolute Gasteiger partial charge is 0.255 e. The topological polar surface area (TPSA) is 58.1 Å². The molecule has 0 radical (unpaired) electrons. The average Bonchev–Trinajstić information content (AvgIpc) is 3.02. The molecule has 5 nitrogen and oxygen atoms in total. The van der Waals surface area contributed by atoms with Gasteiger partial charge in [0.15, 0.2) is 0 Å². The molecule has 0 spiro atoms. The standard InChI is InChI=1S/C23H29N3O2/c1-6-8-17-13-16(4)24-22(27)20(17)14-26(15(2)3)23(28)19-9-7-10-21-18(19)11-12-25(21)5/h7,9-13,15H,6,8,14H2,1-5H3,(H,24,27). The third kappa shape index (κ3) is 3.75. The first kappa shape index (κ1) is 19.9. The van der Waals surface area contributed by atoms with E-state index in [9.17, 15) is 9.59 Å². The fourth-order valence-electron chi connectivity index (χ4n) is 3.75. The second kappa shape index (κ2) is 8.05. The fourth-order valence-corrected chi connectivity index (χ4v) is 3.75. The van der Waals surface area contributed by atoms with Gasteiger partial charge in [-0.15, -0.1) is 0 Å². The quantitative estimate of drug-likeness (QED) is 0.698. The monoisotopic (exact) mass is 379 g/mol. The molecule has 0 aliphatic carbocycles. The van der Waals surface area contributed by atoms with Gasteiger partial charge in [-0.1, -0.05) is 19.4 Å². The van der Waals surface area contributed by atoms with Gasteiger partial charge in [0.2, 0.25) is 0 Å². The molecule has 5 heteroatoms. The number of aryl methyl sites for hydroxylation is 3. The SMILES string of the molecule is CCCc1cc(C)[nH]c(=O)c1CN(C(=O)c1cccc2c1ccn2C)C(C)C. The molecule has 3 rings (SSSR count). The zero-order chi connectivity index (χ0) is 20.4. The molecule has 0 aliphatic heterocycles. The van der Waals surface area contributed by atoms with E-state index in [1.54, 1.807) is 4.90 Å². The first-order valence-electron chi connectivity index (χ1n) is 9.90. The lowest BCUT2D eigenvalue weighted by Gasteiger charge is -2.28. The zero-order valence-electron chi connectivity index (χ0n) is 17.4. The Bertz CT molecular complexity index is 1060. The molecule has 0 atom stereocenters. The molecular formula is C23H29N3O2. The van der Waals surface area contributed by atoms with Gasteiger partial charge in [0.1, 0.15) is 0 Å². The van der Waals surface area contributed by atoms with E-state index >= 15 is 0 Å². The Balaban J connectivity index is 2.03. The number of nitrogens with one attached hydrogen (secondary N) is 1. The number of H-pyrrole nitrogens is 1. The Morgan fingerprint density at radius 1 is 1.25 bits per heavy atom. The summed E-state index contributed by atoms with van der Waals surface area (Å²) in [6.45, 7) is 8.29. The average molecular weight is 380 g/mol. The van der Waals surface area contributed by atoms with Crippen LogP contribution in [-0.2, 0) is 20.0 Å². The highest BCUT2D eigenvalue weighted by molar-refractivity contribution is 6.06. The predicted octanol–water partition coefficient (Wildman–Crippen LogP) is 4.18. The molecule has 0 unspecified atom stereocenters. The molecule has 0 saturated heterocycles. The van der Waals surface area contributed by atoms with Crippen LogP contribution in [0.2, 0.25) is 0 Å². The van der Waals surface area contributed by atoms with E-state index in [0.29, 0.717) is 17.7 Å². The van der Waals surface area contributed by atoms with E-state index in [4.69, 9.17) is 0 Å². The minimum atomic E-state index is -0.0974. The number of rotatable bonds is 6. The number of carbonyl (C=O) groups is 1. The molecule has 0 bridgehead atoms. The van der Waals surface area contributed by atoms with Crippen molar-refractivity contribution in [3.8, 4) is 0 Å². The second-order valence-electron chi connectivity index (χ2n) is 7.73. The minimum absolute atomic E-state index is 0.0263. The van der Waals surface area contributed by atoms with Crippen molar-refractivity contribution in [2.24, 2.45) is 7.05 Å². The summed E-state index contributed by atoms with van der Waals surface area (Å²) < 4.78 is 2.01. The number of aromatic amines is 1. The summed E-state index contributed by atoms with van der Waals surface area (Å²) >= 11 is 0. The van der Waals surface area contributed by atoms with Gasteiger partial charge in [-0.3, -0.25) is 9.59 Å². The summed E-state index contributed by atoms with van der Waals surface area (Å²) in [4.78, 5) is 30.8. The number of aromatic nitrogens is 2. The molecular weight excluding hydrogens is 350 g/mol. The number of benzene rings is 1. The molecule has 1 amide bonds. The normalized spacial score (nSPS) is 11.4. The van der Waals surface area contributed by atoms with Crippen molar-refractivity contribution in [2.45, 2.75) is 53.1 Å². The summed E-state index contributed by atoms with van der Waals surface area (Å²) in [7, 11) is 1.97. The van der Waals surface area contributed by atoms with Crippen molar-refractivity contribution >= 4 is 16.8 Å². The number of pyridine rings is 1. The number of fused-ring (bicyclic) bond motifs is 1. The molecule has 148 valence electrons. The molecule has 0 saturated carbocycles. The highest BCUT2D eigenvalue weighted by atomic mass is 16.2. The van der Waals surface area contributed by atoms with Crippen LogP contribution in [0.15, 0.2) is 41.3 Å². The van der Waals surface area contributed by atoms with Gasteiger partial charge in [0.25, 0.3) is 11.5 Å². The van der Waals surface area contributed by atoms with E-state index in [1.165, 1.54) is 0 Å². The van der Waals surface area contributed by atoms with Gasteiger partial charge in [-0.25, -0.2) is 0 Å². The first-order chi connectivity index (χ1) is 13.3. The van der Waals surface area contributed by atoms with Crippen molar-refractivity contribution in [3.63, 3.8) is 0 Å². The lowest BCUT2D eigenvalue weighted by Crippen LogP contribution is -2.38. The molecule has 0 aliphatic rings. The largest absolute Gasteiger partial charge is 0.351 e. The lowest BCUT2D eigenvalue weighted by atomic mass is 10.0. The first-order valence-corrected chi connectivity index (χ1v) is 9.90. The highest BCUT2D eigenvalue weighted by Crippen LogP contribution is 2.23. The van der Waals surface area contributed by atoms with E-state index in [2.05, 4.69) is 11.9 Å². The molecule has 2 aromatic heterocycles. The van der Waals surface area contributed by atoms with Crippen LogP contribution in [0.5, 0.6) is 0 Å².